The van der Waals surface area contributed by atoms with Crippen molar-refractivity contribution in [2.45, 2.75) is 26.9 Å². The highest BCUT2D eigenvalue weighted by Gasteiger charge is 2.21. The summed E-state index contributed by atoms with van der Waals surface area (Å²) in [6, 6.07) is 11.0. The maximum absolute atomic E-state index is 13.6. The van der Waals surface area contributed by atoms with Crippen molar-refractivity contribution >= 4 is 22.8 Å². The predicted molar refractivity (Wildman–Crippen MR) is 104 cm³/mol. The smallest absolute Gasteiger partial charge is 0.305 e. The van der Waals surface area contributed by atoms with Crippen molar-refractivity contribution in [3.63, 3.8) is 0 Å². The first-order valence-electron chi connectivity index (χ1n) is 9.08. The van der Waals surface area contributed by atoms with Crippen LogP contribution >= 0.6 is 0 Å². The van der Waals surface area contributed by atoms with E-state index in [0.717, 1.165) is 5.39 Å². The number of furan rings is 1. The maximum atomic E-state index is 13.6. The van der Waals surface area contributed by atoms with Crippen molar-refractivity contribution in [2.75, 3.05) is 6.61 Å². The van der Waals surface area contributed by atoms with Crippen LogP contribution in [0.3, 0.4) is 0 Å². The van der Waals surface area contributed by atoms with E-state index in [9.17, 15) is 14.0 Å². The van der Waals surface area contributed by atoms with Gasteiger partial charge in [-0.15, -0.1) is 0 Å². The Hall–Kier alpha value is -3.55. The number of nitrogens with one attached hydrogen (secondary N) is 2. The molecule has 0 saturated heterocycles. The molecule has 2 N–H and O–H groups in total. The molecule has 29 heavy (non-hydrogen) atoms. The molecule has 152 valence electrons. The Morgan fingerprint density at radius 2 is 1.93 bits per heavy atom. The molecule has 0 fully saturated rings. The normalized spacial score (nSPS) is 11.7. The number of ether oxygens (including phenoxy) is 2. The van der Waals surface area contributed by atoms with Gasteiger partial charge in [-0.05, 0) is 51.1 Å². The summed E-state index contributed by atoms with van der Waals surface area (Å²) in [6.45, 7) is 5.58. The summed E-state index contributed by atoms with van der Waals surface area (Å²) in [6.07, 6.45) is -1.03. The molecule has 8 heteroatoms. The lowest BCUT2D eigenvalue weighted by molar-refractivity contribution is -0.128. The third-order valence-electron chi connectivity index (χ3n) is 4.23. The number of halogens is 1. The minimum atomic E-state index is -1.03. The highest BCUT2D eigenvalue weighted by molar-refractivity contribution is 6.00. The lowest BCUT2D eigenvalue weighted by Crippen LogP contribution is -2.47. The van der Waals surface area contributed by atoms with E-state index in [1.54, 1.807) is 31.2 Å². The third-order valence-corrected chi connectivity index (χ3v) is 4.23. The molecule has 0 spiro atoms. The molecular weight excluding hydrogens is 379 g/mol. The molecule has 0 aliphatic rings. The fraction of sp³-hybridized carbons (Fsp3) is 0.238. The van der Waals surface area contributed by atoms with Crippen LogP contribution in [0, 0.1) is 12.7 Å². The van der Waals surface area contributed by atoms with Gasteiger partial charge in [-0.1, -0.05) is 12.1 Å². The van der Waals surface area contributed by atoms with Gasteiger partial charge >= 0.3 is 5.91 Å². The average Bonchev–Trinajstić information content (AvgIpc) is 3.04. The van der Waals surface area contributed by atoms with Crippen LogP contribution in [0.15, 0.2) is 46.9 Å². The van der Waals surface area contributed by atoms with E-state index < -0.39 is 23.7 Å². The highest BCUT2D eigenvalue weighted by atomic mass is 19.1. The second-order valence-electron chi connectivity index (χ2n) is 6.28. The number of hydrogen-bond acceptors (Lipinski definition) is 5. The van der Waals surface area contributed by atoms with Gasteiger partial charge in [-0.2, -0.15) is 0 Å². The van der Waals surface area contributed by atoms with Crippen LogP contribution in [0.25, 0.3) is 11.0 Å². The summed E-state index contributed by atoms with van der Waals surface area (Å²) in [7, 11) is 0. The molecule has 1 aromatic heterocycles. The molecule has 2 aromatic carbocycles. The number of para-hydroxylation sites is 1. The second-order valence-corrected chi connectivity index (χ2v) is 6.28. The fourth-order valence-electron chi connectivity index (χ4n) is 2.73. The minimum Gasteiger partial charge on any atom is -0.494 e. The molecule has 3 rings (SSSR count). The molecule has 2 amide bonds. The molecule has 7 nitrogen and oxygen atoms in total. The Labute approximate surface area is 166 Å². The average molecular weight is 400 g/mol. The first-order valence-corrected chi connectivity index (χ1v) is 9.08. The maximum Gasteiger partial charge on any atom is 0.305 e. The van der Waals surface area contributed by atoms with Crippen LogP contribution in [-0.4, -0.2) is 24.5 Å². The molecule has 3 aromatic rings. The van der Waals surface area contributed by atoms with Gasteiger partial charge in [0.1, 0.15) is 11.3 Å². The van der Waals surface area contributed by atoms with Gasteiger partial charge in [0.2, 0.25) is 0 Å². The fourth-order valence-corrected chi connectivity index (χ4v) is 2.73. The van der Waals surface area contributed by atoms with E-state index in [4.69, 9.17) is 13.9 Å². The molecule has 1 atom stereocenters. The molecule has 0 bridgehead atoms. The largest absolute Gasteiger partial charge is 0.494 e. The monoisotopic (exact) mass is 400 g/mol. The summed E-state index contributed by atoms with van der Waals surface area (Å²) in [4.78, 5) is 24.6. The van der Waals surface area contributed by atoms with E-state index in [1.165, 1.54) is 25.1 Å². The number of hydrogen-bond donors (Lipinski definition) is 2. The van der Waals surface area contributed by atoms with Gasteiger partial charge in [0, 0.05) is 10.9 Å². The van der Waals surface area contributed by atoms with Crippen LogP contribution in [-0.2, 0) is 4.79 Å². The number of carbonyl (C=O) groups is 2. The predicted octanol–water partition coefficient (Wildman–Crippen LogP) is 3.51. The van der Waals surface area contributed by atoms with Crippen molar-refractivity contribution in [1.82, 2.24) is 10.9 Å². The summed E-state index contributed by atoms with van der Waals surface area (Å²) in [5.41, 5.74) is 5.68. The highest BCUT2D eigenvalue weighted by Crippen LogP contribution is 2.28. The molecular formula is C21H21FN2O5. The Morgan fingerprint density at radius 3 is 2.66 bits per heavy atom. The summed E-state index contributed by atoms with van der Waals surface area (Å²) >= 11 is 0. The molecule has 0 aliphatic carbocycles. The second kappa shape index (κ2) is 8.64. The summed E-state index contributed by atoms with van der Waals surface area (Å²) < 4.78 is 30.0. The van der Waals surface area contributed by atoms with Gasteiger partial charge < -0.3 is 13.9 Å². The van der Waals surface area contributed by atoms with E-state index >= 15 is 0 Å². The number of aryl methyl sites for hydroxylation is 1. The van der Waals surface area contributed by atoms with E-state index in [-0.39, 0.29) is 11.5 Å². The van der Waals surface area contributed by atoms with Crippen molar-refractivity contribution < 1.29 is 27.9 Å². The Balaban J connectivity index is 1.65. The third kappa shape index (κ3) is 4.48. The number of benzene rings is 2. The first-order chi connectivity index (χ1) is 13.9. The number of carbonyl (C=O) groups excluding carboxylic acids is 2. The van der Waals surface area contributed by atoms with E-state index in [2.05, 4.69) is 10.9 Å². The van der Waals surface area contributed by atoms with E-state index in [1.807, 2.05) is 6.92 Å². The zero-order chi connectivity index (χ0) is 21.0. The van der Waals surface area contributed by atoms with Crippen LogP contribution in [0.4, 0.5) is 4.39 Å². The lowest BCUT2D eigenvalue weighted by atomic mass is 10.1. The number of rotatable bonds is 6. The van der Waals surface area contributed by atoms with Crippen molar-refractivity contribution in [3.05, 3.63) is 59.6 Å². The summed E-state index contributed by atoms with van der Waals surface area (Å²) in [5, 5.41) is 0.740. The number of hydrazine groups is 1. The van der Waals surface area contributed by atoms with Crippen molar-refractivity contribution in [3.8, 4) is 11.5 Å². The van der Waals surface area contributed by atoms with Gasteiger partial charge in [0.15, 0.2) is 23.4 Å². The van der Waals surface area contributed by atoms with Gasteiger partial charge in [-0.3, -0.25) is 20.4 Å². The zero-order valence-corrected chi connectivity index (χ0v) is 16.2. The van der Waals surface area contributed by atoms with Gasteiger partial charge in [0.25, 0.3) is 5.91 Å². The first kappa shape index (κ1) is 20.2. The Morgan fingerprint density at radius 1 is 1.17 bits per heavy atom. The molecule has 0 radical (unpaired) electrons. The minimum absolute atomic E-state index is 0.0558. The van der Waals surface area contributed by atoms with E-state index in [0.29, 0.717) is 23.5 Å². The SMILES string of the molecule is CCOc1ccc2oc(C(=O)NNC(=O)[C@H](C)Oc3ccccc3F)c(C)c2c1. The van der Waals surface area contributed by atoms with Crippen LogP contribution < -0.4 is 20.3 Å². The standard InChI is InChI=1S/C21H21FN2O5/c1-4-27-14-9-10-17-15(11-14)12(2)19(29-17)21(26)24-23-20(25)13(3)28-18-8-6-5-7-16(18)22/h5-11,13H,4H2,1-3H3,(H,23,25)(H,24,26)/t13-/m0/s1. The van der Waals surface area contributed by atoms with Crippen LogP contribution in [0.5, 0.6) is 11.5 Å². The number of fused-ring (bicyclic) bond motifs is 1. The van der Waals surface area contributed by atoms with Gasteiger partial charge in [-0.25, -0.2) is 4.39 Å². The quantitative estimate of drug-likeness (QED) is 0.618. The van der Waals surface area contributed by atoms with Crippen molar-refractivity contribution in [1.29, 1.82) is 0 Å². The van der Waals surface area contributed by atoms with Gasteiger partial charge in [0.05, 0.1) is 6.61 Å². The lowest BCUT2D eigenvalue weighted by Gasteiger charge is -2.15. The number of amides is 2. The Bertz CT molecular complexity index is 1050. The Kier molecular flexibility index (Phi) is 6.01. The van der Waals surface area contributed by atoms with Crippen LogP contribution in [0.1, 0.15) is 30.0 Å². The molecule has 1 heterocycles. The molecule has 0 aliphatic heterocycles. The molecule has 0 saturated carbocycles. The van der Waals surface area contributed by atoms with Crippen LogP contribution in [0.2, 0.25) is 0 Å². The van der Waals surface area contributed by atoms with Crippen molar-refractivity contribution in [2.24, 2.45) is 0 Å². The topological polar surface area (TPSA) is 89.8 Å². The zero-order valence-electron chi connectivity index (χ0n) is 16.2. The summed E-state index contributed by atoms with van der Waals surface area (Å²) in [5.74, 6) is -1.17. The molecule has 0 unspecified atom stereocenters.